The van der Waals surface area contributed by atoms with Gasteiger partial charge in [-0.3, -0.25) is 0 Å². The van der Waals surface area contributed by atoms with E-state index in [4.69, 9.17) is 4.42 Å². The molecule has 7 aromatic carbocycles. The zero-order valence-corrected chi connectivity index (χ0v) is 27.4. The van der Waals surface area contributed by atoms with Crippen LogP contribution in [0.2, 0.25) is 0 Å². The molecule has 2 atom stereocenters. The lowest BCUT2D eigenvalue weighted by atomic mass is 9.79. The third-order valence-corrected chi connectivity index (χ3v) is 11.2. The lowest BCUT2D eigenvalue weighted by Crippen LogP contribution is -2.11. The first-order chi connectivity index (χ1) is 24.8. The fourth-order valence-electron chi connectivity index (χ4n) is 8.98. The highest BCUT2D eigenvalue weighted by molar-refractivity contribution is 6.20. The molecule has 8 aromatic rings. The summed E-state index contributed by atoms with van der Waals surface area (Å²) in [6.07, 6.45) is 17.1. The number of allylic oxidation sites excluding steroid dienone is 8. The summed E-state index contributed by atoms with van der Waals surface area (Å²) in [7, 11) is 0. The average Bonchev–Trinajstić information content (AvgIpc) is 3.74. The Kier molecular flexibility index (Phi) is 5.91. The first-order valence-electron chi connectivity index (χ1n) is 17.7. The highest BCUT2D eigenvalue weighted by atomic mass is 16.3. The zero-order valence-electron chi connectivity index (χ0n) is 27.4. The standard InChI is InChI=1S/C49H32O/c1-2-13-31-26-35(25-24-30(31)12-1)47-40-21-7-5-19-38(40)46(39-20-6-8-22-41(39)47)33-15-11-16-34(27-33)48-43-28-32-14-3-4-17-36(32)42(43)29-44-37-18-9-10-23-45(37)50-49(44)48/h1-27,29-31H,28H2. The fourth-order valence-corrected chi connectivity index (χ4v) is 8.98. The molecule has 0 bridgehead atoms. The summed E-state index contributed by atoms with van der Waals surface area (Å²) in [5.41, 5.74) is 14.8. The molecule has 1 heteroatoms. The van der Waals surface area contributed by atoms with Gasteiger partial charge in [-0.05, 0) is 96.2 Å². The lowest BCUT2D eigenvalue weighted by Gasteiger charge is -2.25. The summed E-state index contributed by atoms with van der Waals surface area (Å²) >= 11 is 0. The predicted octanol–water partition coefficient (Wildman–Crippen LogP) is 13.1. The van der Waals surface area contributed by atoms with E-state index >= 15 is 0 Å². The molecule has 50 heavy (non-hydrogen) atoms. The summed E-state index contributed by atoms with van der Waals surface area (Å²) in [5, 5.41) is 7.45. The minimum atomic E-state index is 0.378. The van der Waals surface area contributed by atoms with Crippen molar-refractivity contribution in [1.29, 1.82) is 0 Å². The van der Waals surface area contributed by atoms with Gasteiger partial charge in [-0.15, -0.1) is 0 Å². The van der Waals surface area contributed by atoms with Crippen molar-refractivity contribution in [2.24, 2.45) is 11.8 Å². The maximum atomic E-state index is 6.75. The second-order valence-corrected chi connectivity index (χ2v) is 13.9. The molecule has 2 unspecified atom stereocenters. The summed E-state index contributed by atoms with van der Waals surface area (Å²) in [6.45, 7) is 0. The molecule has 234 valence electrons. The molecular weight excluding hydrogens is 605 g/mol. The largest absolute Gasteiger partial charge is 0.455 e. The highest BCUT2D eigenvalue weighted by Gasteiger charge is 2.27. The van der Waals surface area contributed by atoms with E-state index in [1.54, 1.807) is 0 Å². The molecule has 0 amide bonds. The van der Waals surface area contributed by atoms with Gasteiger partial charge >= 0.3 is 0 Å². The van der Waals surface area contributed by atoms with Crippen LogP contribution in [0.15, 0.2) is 174 Å². The Morgan fingerprint density at radius 1 is 0.480 bits per heavy atom. The van der Waals surface area contributed by atoms with Crippen molar-refractivity contribution in [3.63, 3.8) is 0 Å². The molecule has 11 rings (SSSR count). The van der Waals surface area contributed by atoms with E-state index in [-0.39, 0.29) is 0 Å². The Labute approximate surface area is 290 Å². The van der Waals surface area contributed by atoms with Crippen LogP contribution in [-0.2, 0) is 6.42 Å². The van der Waals surface area contributed by atoms with Crippen molar-refractivity contribution in [3.05, 3.63) is 187 Å². The maximum Gasteiger partial charge on any atom is 0.143 e. The van der Waals surface area contributed by atoms with Crippen molar-refractivity contribution in [1.82, 2.24) is 0 Å². The molecule has 0 saturated carbocycles. The van der Waals surface area contributed by atoms with Crippen LogP contribution in [-0.4, -0.2) is 0 Å². The van der Waals surface area contributed by atoms with Crippen molar-refractivity contribution < 1.29 is 4.42 Å². The zero-order chi connectivity index (χ0) is 32.8. The number of hydrogen-bond acceptors (Lipinski definition) is 1. The van der Waals surface area contributed by atoms with Crippen molar-refractivity contribution in [2.75, 3.05) is 0 Å². The number of rotatable bonds is 3. The van der Waals surface area contributed by atoms with Crippen LogP contribution < -0.4 is 0 Å². The van der Waals surface area contributed by atoms with E-state index in [1.807, 2.05) is 0 Å². The second kappa shape index (κ2) is 10.7. The molecule has 0 fully saturated rings. The van der Waals surface area contributed by atoms with Crippen LogP contribution in [0, 0.1) is 11.8 Å². The fraction of sp³-hybridized carbons (Fsp3) is 0.0612. The quantitative estimate of drug-likeness (QED) is 0.176. The average molecular weight is 637 g/mol. The first-order valence-corrected chi connectivity index (χ1v) is 17.7. The van der Waals surface area contributed by atoms with E-state index < -0.39 is 0 Å². The van der Waals surface area contributed by atoms with E-state index in [2.05, 4.69) is 170 Å². The molecule has 1 nitrogen and oxygen atoms in total. The van der Waals surface area contributed by atoms with Crippen LogP contribution in [0.3, 0.4) is 0 Å². The number of fused-ring (bicyclic) bond motifs is 9. The van der Waals surface area contributed by atoms with Crippen LogP contribution in [0.5, 0.6) is 0 Å². The lowest BCUT2D eigenvalue weighted by molar-refractivity contribution is 0.663. The third kappa shape index (κ3) is 4.01. The minimum absolute atomic E-state index is 0.378. The molecule has 0 N–H and O–H groups in total. The van der Waals surface area contributed by atoms with E-state index in [0.29, 0.717) is 11.8 Å². The van der Waals surface area contributed by atoms with Gasteiger partial charge in [0.25, 0.3) is 0 Å². The summed E-state index contributed by atoms with van der Waals surface area (Å²) in [5.74, 6) is 0.802. The molecule has 0 radical (unpaired) electrons. The SMILES string of the molecule is C1=CC2C=CC(c3c4ccccc4c(-c4cccc(-c5c6c(cc7c5oc5ccccc57)-c5ccccc5C6)c4)c4ccccc34)=CC2C=C1. The van der Waals surface area contributed by atoms with Gasteiger partial charge in [0.15, 0.2) is 0 Å². The Morgan fingerprint density at radius 3 is 1.90 bits per heavy atom. The number of para-hydroxylation sites is 1. The molecule has 0 spiro atoms. The first kappa shape index (κ1) is 27.7. The molecule has 1 aromatic heterocycles. The van der Waals surface area contributed by atoms with Gasteiger partial charge in [0.2, 0.25) is 0 Å². The van der Waals surface area contributed by atoms with Gasteiger partial charge in [-0.2, -0.15) is 0 Å². The molecule has 3 aliphatic carbocycles. The van der Waals surface area contributed by atoms with Crippen LogP contribution >= 0.6 is 0 Å². The minimum Gasteiger partial charge on any atom is -0.455 e. The van der Waals surface area contributed by atoms with Crippen molar-refractivity contribution in [3.8, 4) is 33.4 Å². The molecule has 1 heterocycles. The van der Waals surface area contributed by atoms with Crippen LogP contribution in [0.1, 0.15) is 16.7 Å². The Balaban J connectivity index is 1.17. The van der Waals surface area contributed by atoms with Crippen molar-refractivity contribution >= 4 is 49.1 Å². The van der Waals surface area contributed by atoms with Crippen molar-refractivity contribution in [2.45, 2.75) is 6.42 Å². The molecule has 3 aliphatic rings. The van der Waals surface area contributed by atoms with E-state index in [1.165, 1.54) is 82.6 Å². The Hall–Kier alpha value is -6.18. The summed E-state index contributed by atoms with van der Waals surface area (Å²) in [6, 6.07) is 46.8. The number of benzene rings is 7. The molecular formula is C49H32O. The van der Waals surface area contributed by atoms with Gasteiger partial charge in [-0.25, -0.2) is 0 Å². The smallest absolute Gasteiger partial charge is 0.143 e. The topological polar surface area (TPSA) is 13.1 Å². The summed E-state index contributed by atoms with van der Waals surface area (Å²) < 4.78 is 6.75. The Bertz CT molecular complexity index is 2800. The van der Waals surface area contributed by atoms with E-state index in [9.17, 15) is 0 Å². The van der Waals surface area contributed by atoms with E-state index in [0.717, 1.165) is 23.0 Å². The number of furan rings is 1. The predicted molar refractivity (Wildman–Crippen MR) is 210 cm³/mol. The third-order valence-electron chi connectivity index (χ3n) is 11.2. The highest BCUT2D eigenvalue weighted by Crippen LogP contribution is 2.49. The Morgan fingerprint density at radius 2 is 1.12 bits per heavy atom. The maximum absolute atomic E-state index is 6.75. The van der Waals surface area contributed by atoms with Gasteiger partial charge in [0.1, 0.15) is 11.2 Å². The van der Waals surface area contributed by atoms with Gasteiger partial charge < -0.3 is 4.42 Å². The summed E-state index contributed by atoms with van der Waals surface area (Å²) in [4.78, 5) is 0. The van der Waals surface area contributed by atoms with Gasteiger partial charge in [0, 0.05) is 28.2 Å². The van der Waals surface area contributed by atoms with Gasteiger partial charge in [-0.1, -0.05) is 152 Å². The normalized spacial score (nSPS) is 17.4. The molecule has 0 aliphatic heterocycles. The number of hydrogen-bond donors (Lipinski definition) is 0. The van der Waals surface area contributed by atoms with Gasteiger partial charge in [0.05, 0.1) is 0 Å². The van der Waals surface area contributed by atoms with Crippen LogP contribution in [0.25, 0.3) is 82.4 Å². The van der Waals surface area contributed by atoms with Crippen LogP contribution in [0.4, 0.5) is 0 Å². The molecule has 0 saturated heterocycles. The monoisotopic (exact) mass is 636 g/mol. The second-order valence-electron chi connectivity index (χ2n) is 13.9.